The minimum Gasteiger partial charge on any atom is -0.383 e. The molecule has 3 aromatic rings. The van der Waals surface area contributed by atoms with Gasteiger partial charge in [0.15, 0.2) is 0 Å². The second-order valence-electron chi connectivity index (χ2n) is 7.15. The lowest BCUT2D eigenvalue weighted by molar-refractivity contribution is 0.102. The lowest BCUT2D eigenvalue weighted by Gasteiger charge is -2.16. The van der Waals surface area contributed by atoms with Crippen LogP contribution in [-0.2, 0) is 4.74 Å². The Labute approximate surface area is 193 Å². The number of para-hydroxylation sites is 1. The van der Waals surface area contributed by atoms with Crippen molar-refractivity contribution in [3.05, 3.63) is 74.5 Å². The fourth-order valence-electron chi connectivity index (χ4n) is 3.39. The van der Waals surface area contributed by atoms with Gasteiger partial charge in [0.25, 0.3) is 11.5 Å². The number of aromatic nitrogens is 3. The molecule has 1 aromatic carbocycles. The van der Waals surface area contributed by atoms with Crippen LogP contribution >= 0.6 is 23.2 Å². The van der Waals surface area contributed by atoms with Gasteiger partial charge in [-0.3, -0.25) is 19.1 Å². The summed E-state index contributed by atoms with van der Waals surface area (Å²) >= 11 is 12.4. The van der Waals surface area contributed by atoms with Crippen LogP contribution in [0.25, 0.3) is 5.69 Å². The zero-order chi connectivity index (χ0) is 22.7. The minimum atomic E-state index is -0.721. The highest BCUT2D eigenvalue weighted by Crippen LogP contribution is 2.27. The Morgan fingerprint density at radius 3 is 2.84 bits per heavy atom. The van der Waals surface area contributed by atoms with Gasteiger partial charge in [-0.1, -0.05) is 29.3 Å². The van der Waals surface area contributed by atoms with Crippen LogP contribution in [0.3, 0.4) is 0 Å². The van der Waals surface area contributed by atoms with Gasteiger partial charge < -0.3 is 21.1 Å². The summed E-state index contributed by atoms with van der Waals surface area (Å²) in [5.74, 6) is -0.934. The molecule has 166 valence electrons. The van der Waals surface area contributed by atoms with Crippen molar-refractivity contribution in [1.82, 2.24) is 19.9 Å². The Bertz CT molecular complexity index is 1190. The highest BCUT2D eigenvalue weighted by molar-refractivity contribution is 6.37. The average Bonchev–Trinajstić information content (AvgIpc) is 3.05. The quantitative estimate of drug-likeness (QED) is 0.530. The number of hydrogen-bond donors (Lipinski definition) is 3. The third-order valence-electron chi connectivity index (χ3n) is 4.97. The number of nitrogen functional groups attached to an aromatic ring is 1. The molecule has 0 saturated carbocycles. The first kappa shape index (κ1) is 22.2. The SMILES string of the molecule is Nc1ncn(-c2c(Cl)cccc2Cl)c(=O)c1C(=O)Nc1cncc([C@H]2COCCCN2)c1. The van der Waals surface area contributed by atoms with Crippen molar-refractivity contribution in [2.24, 2.45) is 0 Å². The number of carbonyl (C=O) groups is 1. The molecule has 1 amide bonds. The van der Waals surface area contributed by atoms with Gasteiger partial charge in [-0.05, 0) is 36.7 Å². The number of rotatable bonds is 4. The molecule has 0 spiro atoms. The van der Waals surface area contributed by atoms with E-state index in [0.29, 0.717) is 18.9 Å². The summed E-state index contributed by atoms with van der Waals surface area (Å²) in [5.41, 5.74) is 6.31. The number of amides is 1. The second-order valence-corrected chi connectivity index (χ2v) is 7.96. The van der Waals surface area contributed by atoms with Gasteiger partial charge in [0.1, 0.15) is 17.7 Å². The molecule has 0 bridgehead atoms. The monoisotopic (exact) mass is 474 g/mol. The molecular weight excluding hydrogens is 455 g/mol. The Morgan fingerprint density at radius 2 is 2.06 bits per heavy atom. The molecule has 1 fully saturated rings. The van der Waals surface area contributed by atoms with Gasteiger partial charge in [-0.15, -0.1) is 0 Å². The number of halogens is 2. The lowest BCUT2D eigenvalue weighted by Crippen LogP contribution is -2.31. The topological polar surface area (TPSA) is 124 Å². The smallest absolute Gasteiger partial charge is 0.273 e. The van der Waals surface area contributed by atoms with Crippen LogP contribution in [0.4, 0.5) is 11.5 Å². The summed E-state index contributed by atoms with van der Waals surface area (Å²) in [6, 6.07) is 6.52. The number of pyridine rings is 1. The molecule has 0 radical (unpaired) electrons. The van der Waals surface area contributed by atoms with E-state index < -0.39 is 11.5 Å². The average molecular weight is 475 g/mol. The molecule has 2 aromatic heterocycles. The number of nitrogens with zero attached hydrogens (tertiary/aromatic N) is 3. The number of nitrogens with two attached hydrogens (primary N) is 1. The number of hydrogen-bond acceptors (Lipinski definition) is 7. The summed E-state index contributed by atoms with van der Waals surface area (Å²) in [5, 5.41) is 6.51. The predicted molar refractivity (Wildman–Crippen MR) is 123 cm³/mol. The van der Waals surface area contributed by atoms with Gasteiger partial charge >= 0.3 is 0 Å². The Kier molecular flexibility index (Phi) is 6.71. The van der Waals surface area contributed by atoms with Crippen LogP contribution in [0, 0.1) is 0 Å². The van der Waals surface area contributed by atoms with Crippen LogP contribution in [0.5, 0.6) is 0 Å². The van der Waals surface area contributed by atoms with Crippen molar-refractivity contribution in [2.75, 3.05) is 30.8 Å². The normalized spacial score (nSPS) is 16.4. The minimum absolute atomic E-state index is 0.0510. The largest absolute Gasteiger partial charge is 0.383 e. The molecule has 32 heavy (non-hydrogen) atoms. The standard InChI is InChI=1S/C21H20Cl2N6O3/c22-14-3-1-4-15(23)18(14)29-11-27-19(24)17(21(29)31)20(30)28-13-7-12(8-25-9-13)16-10-32-6-2-5-26-16/h1,3-4,7-9,11,16,26H,2,5-6,10,24H2,(H,28,30)/t16-/m1/s1. The predicted octanol–water partition coefficient (Wildman–Crippen LogP) is 2.82. The summed E-state index contributed by atoms with van der Waals surface area (Å²) < 4.78 is 6.68. The van der Waals surface area contributed by atoms with Crippen LogP contribution in [0.2, 0.25) is 10.0 Å². The van der Waals surface area contributed by atoms with Crippen LogP contribution < -0.4 is 21.9 Å². The molecule has 0 unspecified atom stereocenters. The van der Waals surface area contributed by atoms with Gasteiger partial charge in [-0.2, -0.15) is 0 Å². The molecule has 3 heterocycles. The molecule has 4 N–H and O–H groups in total. The van der Waals surface area contributed by atoms with E-state index in [1.54, 1.807) is 30.5 Å². The van der Waals surface area contributed by atoms with Crippen molar-refractivity contribution in [3.8, 4) is 5.69 Å². The van der Waals surface area contributed by atoms with E-state index in [4.69, 9.17) is 33.7 Å². The molecule has 9 nitrogen and oxygen atoms in total. The van der Waals surface area contributed by atoms with Gasteiger partial charge in [0, 0.05) is 12.8 Å². The van der Waals surface area contributed by atoms with Crippen molar-refractivity contribution in [2.45, 2.75) is 12.5 Å². The zero-order valence-electron chi connectivity index (χ0n) is 16.8. The van der Waals surface area contributed by atoms with Gasteiger partial charge in [0.05, 0.1) is 40.3 Å². The van der Waals surface area contributed by atoms with Crippen LogP contribution in [-0.4, -0.2) is 40.2 Å². The summed E-state index contributed by atoms with van der Waals surface area (Å²) in [6.07, 6.45) is 5.28. The Hall–Kier alpha value is -2.98. The van der Waals surface area contributed by atoms with E-state index in [0.717, 1.165) is 23.1 Å². The summed E-state index contributed by atoms with van der Waals surface area (Å²) in [6.45, 7) is 2.00. The first-order valence-corrected chi connectivity index (χ1v) is 10.6. The molecule has 1 saturated heterocycles. The number of ether oxygens (including phenoxy) is 1. The number of anilines is 2. The van der Waals surface area contributed by atoms with Crippen molar-refractivity contribution in [3.63, 3.8) is 0 Å². The lowest BCUT2D eigenvalue weighted by atomic mass is 10.1. The second kappa shape index (κ2) is 9.66. The number of carbonyl (C=O) groups excluding carboxylic acids is 1. The van der Waals surface area contributed by atoms with E-state index in [1.165, 1.54) is 12.5 Å². The molecular formula is C21H20Cl2N6O3. The van der Waals surface area contributed by atoms with E-state index >= 15 is 0 Å². The summed E-state index contributed by atoms with van der Waals surface area (Å²) in [4.78, 5) is 34.3. The molecule has 1 atom stereocenters. The Balaban J connectivity index is 1.65. The van der Waals surface area contributed by atoms with Gasteiger partial charge in [-0.25, -0.2) is 4.98 Å². The fourth-order valence-corrected chi connectivity index (χ4v) is 3.97. The van der Waals surface area contributed by atoms with Crippen LogP contribution in [0.1, 0.15) is 28.4 Å². The van der Waals surface area contributed by atoms with Crippen molar-refractivity contribution >= 4 is 40.6 Å². The molecule has 1 aliphatic heterocycles. The van der Waals surface area contributed by atoms with Crippen molar-refractivity contribution in [1.29, 1.82) is 0 Å². The number of benzene rings is 1. The first-order chi connectivity index (χ1) is 15.5. The third kappa shape index (κ3) is 4.61. The molecule has 4 rings (SSSR count). The highest BCUT2D eigenvalue weighted by atomic mass is 35.5. The molecule has 0 aliphatic carbocycles. The maximum atomic E-state index is 13.1. The molecule has 11 heteroatoms. The summed E-state index contributed by atoms with van der Waals surface area (Å²) in [7, 11) is 0. The maximum absolute atomic E-state index is 13.1. The van der Waals surface area contributed by atoms with Gasteiger partial charge in [0.2, 0.25) is 0 Å². The Morgan fingerprint density at radius 1 is 1.28 bits per heavy atom. The van der Waals surface area contributed by atoms with Crippen LogP contribution in [0.15, 0.2) is 47.8 Å². The van der Waals surface area contributed by atoms with E-state index in [1.807, 2.05) is 0 Å². The zero-order valence-corrected chi connectivity index (χ0v) is 18.4. The molecule has 1 aliphatic rings. The third-order valence-corrected chi connectivity index (χ3v) is 5.58. The highest BCUT2D eigenvalue weighted by Gasteiger charge is 2.21. The number of nitrogens with one attached hydrogen (secondary N) is 2. The van der Waals surface area contributed by atoms with Crippen molar-refractivity contribution < 1.29 is 9.53 Å². The first-order valence-electron chi connectivity index (χ1n) is 9.84. The van der Waals surface area contributed by atoms with E-state index in [2.05, 4.69) is 20.6 Å². The fraction of sp³-hybridized carbons (Fsp3) is 0.238. The van der Waals surface area contributed by atoms with E-state index in [9.17, 15) is 9.59 Å². The maximum Gasteiger partial charge on any atom is 0.273 e. The van der Waals surface area contributed by atoms with E-state index in [-0.39, 0.29) is 33.2 Å².